The molecule has 0 aliphatic rings. The lowest BCUT2D eigenvalue weighted by Crippen LogP contribution is -2.15. The van der Waals surface area contributed by atoms with Gasteiger partial charge in [-0.15, -0.1) is 11.3 Å². The molecule has 1 rings (SSSR count). The van der Waals surface area contributed by atoms with E-state index in [0.717, 1.165) is 17.4 Å². The molecule has 5 nitrogen and oxygen atoms in total. The molecule has 0 aliphatic carbocycles. The Morgan fingerprint density at radius 2 is 2.39 bits per heavy atom. The van der Waals surface area contributed by atoms with Crippen LogP contribution in [0.2, 0.25) is 0 Å². The van der Waals surface area contributed by atoms with E-state index in [1.807, 2.05) is 5.38 Å². The number of ether oxygens (including phenoxy) is 2. The number of anilines is 1. The highest BCUT2D eigenvalue weighted by molar-refractivity contribution is 7.13. The molecule has 0 aliphatic heterocycles. The first-order valence-electron chi connectivity index (χ1n) is 5.98. The van der Waals surface area contributed by atoms with Gasteiger partial charge in [-0.1, -0.05) is 6.92 Å². The van der Waals surface area contributed by atoms with Gasteiger partial charge in [0.15, 0.2) is 5.13 Å². The summed E-state index contributed by atoms with van der Waals surface area (Å²) in [7, 11) is 1.69. The second-order valence-electron chi connectivity index (χ2n) is 4.07. The summed E-state index contributed by atoms with van der Waals surface area (Å²) in [6.07, 6.45) is 0.236. The molecule has 18 heavy (non-hydrogen) atoms. The molecule has 1 aromatic heterocycles. The monoisotopic (exact) mass is 272 g/mol. The molecular formula is C12H20N2O3S. The summed E-state index contributed by atoms with van der Waals surface area (Å²) in [5.74, 6) is 0.189. The van der Waals surface area contributed by atoms with Gasteiger partial charge in [0.1, 0.15) is 0 Å². The Kier molecular flexibility index (Phi) is 6.67. The molecular weight excluding hydrogens is 252 g/mol. The Balaban J connectivity index is 2.36. The fourth-order valence-corrected chi connectivity index (χ4v) is 2.15. The van der Waals surface area contributed by atoms with Gasteiger partial charge >= 0.3 is 5.97 Å². The van der Waals surface area contributed by atoms with Crippen molar-refractivity contribution in [2.75, 3.05) is 32.2 Å². The Labute approximate surface area is 112 Å². The van der Waals surface area contributed by atoms with Crippen molar-refractivity contribution in [1.82, 2.24) is 4.98 Å². The van der Waals surface area contributed by atoms with Crippen molar-refractivity contribution in [3.63, 3.8) is 0 Å². The topological polar surface area (TPSA) is 60.5 Å². The molecule has 6 heteroatoms. The Morgan fingerprint density at radius 3 is 3.06 bits per heavy atom. The zero-order valence-electron chi connectivity index (χ0n) is 11.1. The average molecular weight is 272 g/mol. The lowest BCUT2D eigenvalue weighted by atomic mass is 10.2. The van der Waals surface area contributed by atoms with E-state index in [1.54, 1.807) is 14.0 Å². The van der Waals surface area contributed by atoms with Crippen LogP contribution in [0.5, 0.6) is 0 Å². The molecule has 0 saturated heterocycles. The van der Waals surface area contributed by atoms with Gasteiger partial charge in [-0.25, -0.2) is 4.98 Å². The number of hydrogen-bond donors (Lipinski definition) is 1. The highest BCUT2D eigenvalue weighted by Crippen LogP contribution is 2.16. The van der Waals surface area contributed by atoms with Gasteiger partial charge in [0, 0.05) is 19.0 Å². The molecule has 0 amide bonds. The number of carbonyl (C=O) groups is 1. The SMILES string of the molecule is CCOC(=O)Cc1csc(NCC(C)COC)n1. The van der Waals surface area contributed by atoms with Crippen LogP contribution in [0.3, 0.4) is 0 Å². The maximum atomic E-state index is 11.3. The summed E-state index contributed by atoms with van der Waals surface area (Å²) in [5, 5.41) is 5.94. The van der Waals surface area contributed by atoms with Crippen molar-refractivity contribution < 1.29 is 14.3 Å². The number of methoxy groups -OCH3 is 1. The number of thiazole rings is 1. The van der Waals surface area contributed by atoms with Gasteiger partial charge in [0.2, 0.25) is 0 Å². The fourth-order valence-electron chi connectivity index (χ4n) is 1.43. The minimum atomic E-state index is -0.234. The van der Waals surface area contributed by atoms with E-state index < -0.39 is 0 Å². The first kappa shape index (κ1) is 14.9. The summed E-state index contributed by atoms with van der Waals surface area (Å²) in [6.45, 7) is 5.82. The van der Waals surface area contributed by atoms with E-state index in [4.69, 9.17) is 9.47 Å². The van der Waals surface area contributed by atoms with E-state index in [0.29, 0.717) is 19.1 Å². The number of esters is 1. The molecule has 0 bridgehead atoms. The lowest BCUT2D eigenvalue weighted by molar-refractivity contribution is -0.142. The van der Waals surface area contributed by atoms with E-state index in [2.05, 4.69) is 17.2 Å². The summed E-state index contributed by atoms with van der Waals surface area (Å²) in [5.41, 5.74) is 0.750. The van der Waals surface area contributed by atoms with Gasteiger partial charge in [0.05, 0.1) is 25.3 Å². The third-order valence-electron chi connectivity index (χ3n) is 2.24. The quantitative estimate of drug-likeness (QED) is 0.733. The smallest absolute Gasteiger partial charge is 0.311 e. The second kappa shape index (κ2) is 8.05. The average Bonchev–Trinajstić information content (AvgIpc) is 2.75. The molecule has 0 saturated carbocycles. The molecule has 102 valence electrons. The maximum absolute atomic E-state index is 11.3. The van der Waals surface area contributed by atoms with E-state index in [-0.39, 0.29) is 12.4 Å². The van der Waals surface area contributed by atoms with Crippen LogP contribution < -0.4 is 5.32 Å². The standard InChI is InChI=1S/C12H20N2O3S/c1-4-17-11(15)5-10-8-18-12(14-10)13-6-9(2)7-16-3/h8-9H,4-7H2,1-3H3,(H,13,14). The van der Waals surface area contributed by atoms with Crippen LogP contribution in [-0.4, -0.2) is 37.8 Å². The molecule has 0 radical (unpaired) electrons. The zero-order valence-corrected chi connectivity index (χ0v) is 11.9. The van der Waals surface area contributed by atoms with Crippen molar-refractivity contribution in [2.45, 2.75) is 20.3 Å². The highest BCUT2D eigenvalue weighted by Gasteiger charge is 2.09. The second-order valence-corrected chi connectivity index (χ2v) is 4.93. The zero-order chi connectivity index (χ0) is 13.4. The molecule has 0 aromatic carbocycles. The van der Waals surface area contributed by atoms with E-state index in [1.165, 1.54) is 11.3 Å². The number of hydrogen-bond acceptors (Lipinski definition) is 6. The van der Waals surface area contributed by atoms with Crippen molar-refractivity contribution in [3.05, 3.63) is 11.1 Å². The van der Waals surface area contributed by atoms with Gasteiger partial charge in [-0.2, -0.15) is 0 Å². The van der Waals surface area contributed by atoms with Crippen molar-refractivity contribution >= 4 is 22.4 Å². The molecule has 0 spiro atoms. The first-order chi connectivity index (χ1) is 8.65. The normalized spacial score (nSPS) is 12.2. The Hall–Kier alpha value is -1.14. The maximum Gasteiger partial charge on any atom is 0.311 e. The van der Waals surface area contributed by atoms with Crippen molar-refractivity contribution in [3.8, 4) is 0 Å². The number of aromatic nitrogens is 1. The third-order valence-corrected chi connectivity index (χ3v) is 3.08. The summed E-state index contributed by atoms with van der Waals surface area (Å²) in [4.78, 5) is 15.6. The highest BCUT2D eigenvalue weighted by atomic mass is 32.1. The number of nitrogens with one attached hydrogen (secondary N) is 1. The van der Waals surface area contributed by atoms with Crippen LogP contribution in [0, 0.1) is 5.92 Å². The van der Waals surface area contributed by atoms with Gasteiger partial charge < -0.3 is 14.8 Å². The van der Waals surface area contributed by atoms with E-state index >= 15 is 0 Å². The van der Waals surface area contributed by atoms with Crippen LogP contribution in [-0.2, 0) is 20.7 Å². The molecule has 1 N–H and O–H groups in total. The lowest BCUT2D eigenvalue weighted by Gasteiger charge is -2.10. The number of rotatable bonds is 8. The predicted octanol–water partition coefficient (Wildman–Crippen LogP) is 1.94. The summed E-state index contributed by atoms with van der Waals surface area (Å²) < 4.78 is 9.93. The molecule has 1 aromatic rings. The van der Waals surface area contributed by atoms with Gasteiger partial charge in [-0.3, -0.25) is 4.79 Å². The van der Waals surface area contributed by atoms with Gasteiger partial charge in [0.25, 0.3) is 0 Å². The van der Waals surface area contributed by atoms with Crippen LogP contribution in [0.1, 0.15) is 19.5 Å². The molecule has 0 fully saturated rings. The number of nitrogens with zero attached hydrogens (tertiary/aromatic N) is 1. The summed E-state index contributed by atoms with van der Waals surface area (Å²) >= 11 is 1.50. The minimum absolute atomic E-state index is 0.234. The largest absolute Gasteiger partial charge is 0.466 e. The van der Waals surface area contributed by atoms with Crippen molar-refractivity contribution in [1.29, 1.82) is 0 Å². The van der Waals surface area contributed by atoms with Crippen LogP contribution in [0.25, 0.3) is 0 Å². The van der Waals surface area contributed by atoms with Crippen LogP contribution in [0.15, 0.2) is 5.38 Å². The third kappa shape index (κ3) is 5.46. The van der Waals surface area contributed by atoms with Crippen molar-refractivity contribution in [2.24, 2.45) is 5.92 Å². The molecule has 1 unspecified atom stereocenters. The first-order valence-corrected chi connectivity index (χ1v) is 6.86. The Morgan fingerprint density at radius 1 is 1.61 bits per heavy atom. The Bertz CT molecular complexity index is 368. The fraction of sp³-hybridized carbons (Fsp3) is 0.667. The van der Waals surface area contributed by atoms with E-state index in [9.17, 15) is 4.79 Å². The summed E-state index contributed by atoms with van der Waals surface area (Å²) in [6, 6.07) is 0. The number of carbonyl (C=O) groups excluding carboxylic acids is 1. The minimum Gasteiger partial charge on any atom is -0.466 e. The molecule has 1 atom stereocenters. The predicted molar refractivity (Wildman–Crippen MR) is 72.0 cm³/mol. The van der Waals surface area contributed by atoms with Gasteiger partial charge in [-0.05, 0) is 12.8 Å². The van der Waals surface area contributed by atoms with Crippen LogP contribution >= 0.6 is 11.3 Å². The van der Waals surface area contributed by atoms with Crippen LogP contribution in [0.4, 0.5) is 5.13 Å². The molecule has 1 heterocycles.